The number of carbonyl (C=O) groups excluding carboxylic acids is 1. The summed E-state index contributed by atoms with van der Waals surface area (Å²) in [5.41, 5.74) is -0.0176. The number of hydrogen-bond acceptors (Lipinski definition) is 5. The quantitative estimate of drug-likeness (QED) is 0.789. The smallest absolute Gasteiger partial charge is 0.331 e. The average Bonchev–Trinajstić information content (AvgIpc) is 2.54. The minimum absolute atomic E-state index is 0.140. The van der Waals surface area contributed by atoms with Crippen molar-refractivity contribution >= 4 is 11.7 Å². The largest absolute Gasteiger partial charge is 0.363 e. The van der Waals surface area contributed by atoms with Crippen molar-refractivity contribution < 1.29 is 4.79 Å². The van der Waals surface area contributed by atoms with E-state index in [0.717, 1.165) is 15.9 Å². The Morgan fingerprint density at radius 3 is 2.74 bits per heavy atom. The van der Waals surface area contributed by atoms with Crippen molar-refractivity contribution in [2.45, 2.75) is 13.1 Å². The summed E-state index contributed by atoms with van der Waals surface area (Å²) in [4.78, 5) is 41.2. The van der Waals surface area contributed by atoms with E-state index in [0.29, 0.717) is 6.54 Å². The molecule has 0 fully saturated rings. The minimum atomic E-state index is -0.522. The molecule has 2 rings (SSSR count). The van der Waals surface area contributed by atoms with Gasteiger partial charge in [-0.2, -0.15) is 0 Å². The van der Waals surface area contributed by atoms with Crippen LogP contribution in [-0.4, -0.2) is 34.1 Å². The number of aromatic nitrogens is 3. The van der Waals surface area contributed by atoms with Crippen LogP contribution in [0.2, 0.25) is 0 Å². The molecule has 8 nitrogen and oxygen atoms in total. The molecule has 0 spiro atoms. The highest BCUT2D eigenvalue weighted by Crippen LogP contribution is 2.09. The van der Waals surface area contributed by atoms with Gasteiger partial charge in [-0.25, -0.2) is 9.78 Å². The van der Waals surface area contributed by atoms with Gasteiger partial charge < -0.3 is 10.2 Å². The maximum absolute atomic E-state index is 12.0. The van der Waals surface area contributed by atoms with Crippen molar-refractivity contribution in [2.24, 2.45) is 7.05 Å². The van der Waals surface area contributed by atoms with E-state index in [1.807, 2.05) is 31.1 Å². The van der Waals surface area contributed by atoms with Crippen LogP contribution in [0.4, 0.5) is 5.82 Å². The third kappa shape index (κ3) is 4.06. The zero-order valence-electron chi connectivity index (χ0n) is 13.3. The second-order valence-corrected chi connectivity index (χ2v) is 5.32. The highest BCUT2D eigenvalue weighted by Gasteiger charge is 2.07. The van der Waals surface area contributed by atoms with Gasteiger partial charge in [0.15, 0.2) is 0 Å². The van der Waals surface area contributed by atoms with Crippen molar-refractivity contribution in [3.8, 4) is 0 Å². The lowest BCUT2D eigenvalue weighted by Gasteiger charge is -2.12. The van der Waals surface area contributed by atoms with E-state index in [2.05, 4.69) is 10.3 Å². The molecular formula is C15H19N5O3. The molecule has 2 aromatic rings. The summed E-state index contributed by atoms with van der Waals surface area (Å²) >= 11 is 0. The molecule has 0 bridgehead atoms. The second kappa shape index (κ2) is 6.91. The molecule has 8 heteroatoms. The number of amides is 1. The molecule has 1 amide bonds. The van der Waals surface area contributed by atoms with Crippen molar-refractivity contribution in [1.82, 2.24) is 19.4 Å². The van der Waals surface area contributed by atoms with E-state index in [1.165, 1.54) is 23.9 Å². The van der Waals surface area contributed by atoms with Crippen molar-refractivity contribution in [3.05, 3.63) is 57.0 Å². The Bertz CT molecular complexity index is 822. The van der Waals surface area contributed by atoms with E-state index in [1.54, 1.807) is 6.20 Å². The second-order valence-electron chi connectivity index (χ2n) is 5.32. The lowest BCUT2D eigenvalue weighted by atomic mass is 10.2. The molecule has 122 valence electrons. The number of hydrogen-bond donors (Lipinski definition) is 1. The first-order valence-electron chi connectivity index (χ1n) is 7.04. The van der Waals surface area contributed by atoms with Gasteiger partial charge in [0.05, 0.1) is 0 Å². The first-order chi connectivity index (χ1) is 10.9. The molecular weight excluding hydrogens is 298 g/mol. The molecule has 23 heavy (non-hydrogen) atoms. The zero-order valence-corrected chi connectivity index (χ0v) is 13.3. The Morgan fingerprint density at radius 2 is 2.04 bits per heavy atom. The van der Waals surface area contributed by atoms with Crippen molar-refractivity contribution in [2.75, 3.05) is 19.0 Å². The van der Waals surface area contributed by atoms with Crippen molar-refractivity contribution in [3.63, 3.8) is 0 Å². The fourth-order valence-corrected chi connectivity index (χ4v) is 1.96. The van der Waals surface area contributed by atoms with Crippen LogP contribution in [0.3, 0.4) is 0 Å². The standard InChI is InChI=1S/C15H19N5O3/c1-18(2)12-8-11(4-6-16-12)9-17-13(21)10-20-7-5-14(22)19(3)15(20)23/h4-8H,9-10H2,1-3H3,(H,17,21). The predicted molar refractivity (Wildman–Crippen MR) is 86.4 cm³/mol. The van der Waals surface area contributed by atoms with Gasteiger partial charge >= 0.3 is 5.69 Å². The SMILES string of the molecule is CN(C)c1cc(CNC(=O)Cn2ccc(=O)n(C)c2=O)ccn1. The Kier molecular flexibility index (Phi) is 4.95. The lowest BCUT2D eigenvalue weighted by Crippen LogP contribution is -2.40. The van der Waals surface area contributed by atoms with Crippen LogP contribution in [0.1, 0.15) is 5.56 Å². The van der Waals surface area contributed by atoms with Gasteiger partial charge in [-0.15, -0.1) is 0 Å². The fraction of sp³-hybridized carbons (Fsp3) is 0.333. The molecule has 2 heterocycles. The van der Waals surface area contributed by atoms with Gasteiger partial charge in [-0.05, 0) is 17.7 Å². The normalized spacial score (nSPS) is 10.4. The van der Waals surface area contributed by atoms with Crippen LogP contribution < -0.4 is 21.5 Å². The molecule has 0 aliphatic carbocycles. The molecule has 0 atom stereocenters. The summed E-state index contributed by atoms with van der Waals surface area (Å²) in [7, 11) is 5.15. The van der Waals surface area contributed by atoms with E-state index in [9.17, 15) is 14.4 Å². The first-order valence-corrected chi connectivity index (χ1v) is 7.04. The molecule has 0 aromatic carbocycles. The molecule has 0 saturated carbocycles. The highest BCUT2D eigenvalue weighted by atomic mass is 16.2. The van der Waals surface area contributed by atoms with E-state index in [-0.39, 0.29) is 12.5 Å². The van der Waals surface area contributed by atoms with Gasteiger partial charge in [0.2, 0.25) is 5.91 Å². The minimum Gasteiger partial charge on any atom is -0.363 e. The van der Waals surface area contributed by atoms with Crippen LogP contribution >= 0.6 is 0 Å². The van der Waals surface area contributed by atoms with Gasteiger partial charge in [-0.1, -0.05) is 0 Å². The zero-order chi connectivity index (χ0) is 17.0. The Labute approximate surface area is 133 Å². The summed E-state index contributed by atoms with van der Waals surface area (Å²) in [6, 6.07) is 4.94. The van der Waals surface area contributed by atoms with E-state index >= 15 is 0 Å². The molecule has 1 N–H and O–H groups in total. The van der Waals surface area contributed by atoms with E-state index < -0.39 is 11.2 Å². The maximum Gasteiger partial charge on any atom is 0.331 e. The summed E-state index contributed by atoms with van der Waals surface area (Å²) in [5.74, 6) is 0.486. The molecule has 0 saturated heterocycles. The third-order valence-electron chi connectivity index (χ3n) is 3.33. The Hall–Kier alpha value is -2.90. The molecule has 0 aliphatic heterocycles. The number of anilines is 1. The summed E-state index contributed by atoms with van der Waals surface area (Å²) < 4.78 is 2.15. The van der Waals surface area contributed by atoms with Crippen LogP contribution in [0.5, 0.6) is 0 Å². The molecule has 0 radical (unpaired) electrons. The van der Waals surface area contributed by atoms with Gasteiger partial charge in [-0.3, -0.25) is 18.7 Å². The Balaban J connectivity index is 2.01. The van der Waals surface area contributed by atoms with E-state index in [4.69, 9.17) is 0 Å². The molecule has 0 aliphatic rings. The molecule has 0 unspecified atom stereocenters. The monoisotopic (exact) mass is 317 g/mol. The molecule has 2 aromatic heterocycles. The summed E-state index contributed by atoms with van der Waals surface area (Å²) in [6.45, 7) is 0.196. The highest BCUT2D eigenvalue weighted by molar-refractivity contribution is 5.75. The number of rotatable bonds is 5. The van der Waals surface area contributed by atoms with Gasteiger partial charge in [0.25, 0.3) is 5.56 Å². The van der Waals surface area contributed by atoms with Crippen molar-refractivity contribution in [1.29, 1.82) is 0 Å². The third-order valence-corrected chi connectivity index (χ3v) is 3.33. The number of nitrogens with one attached hydrogen (secondary N) is 1. The first kappa shape index (κ1) is 16.5. The van der Waals surface area contributed by atoms with Crippen LogP contribution in [0, 0.1) is 0 Å². The predicted octanol–water partition coefficient (Wildman–Crippen LogP) is -0.676. The summed E-state index contributed by atoms with van der Waals surface area (Å²) in [5, 5.41) is 2.74. The topological polar surface area (TPSA) is 89.2 Å². The van der Waals surface area contributed by atoms with Crippen LogP contribution in [-0.2, 0) is 24.9 Å². The summed E-state index contributed by atoms with van der Waals surface area (Å²) in [6.07, 6.45) is 3.00. The fourth-order valence-electron chi connectivity index (χ4n) is 1.96. The Morgan fingerprint density at radius 1 is 1.30 bits per heavy atom. The number of carbonyl (C=O) groups is 1. The van der Waals surface area contributed by atoms with Gasteiger partial charge in [0, 0.05) is 46.1 Å². The average molecular weight is 317 g/mol. The van der Waals surface area contributed by atoms with Crippen LogP contribution in [0.15, 0.2) is 40.2 Å². The number of nitrogens with zero attached hydrogens (tertiary/aromatic N) is 4. The van der Waals surface area contributed by atoms with Gasteiger partial charge in [0.1, 0.15) is 12.4 Å². The lowest BCUT2D eigenvalue weighted by molar-refractivity contribution is -0.121. The number of pyridine rings is 1. The maximum atomic E-state index is 12.0. The van der Waals surface area contributed by atoms with Crippen LogP contribution in [0.25, 0.3) is 0 Å².